The Morgan fingerprint density at radius 1 is 1.65 bits per heavy atom. The third-order valence-electron chi connectivity index (χ3n) is 2.34. The highest BCUT2D eigenvalue weighted by Gasteiger charge is 2.08. The first-order valence-electron chi connectivity index (χ1n) is 5.15. The van der Waals surface area contributed by atoms with E-state index in [0.717, 1.165) is 0 Å². The molecule has 0 bridgehead atoms. The number of rotatable bonds is 5. The highest BCUT2D eigenvalue weighted by Crippen LogP contribution is 2.10. The van der Waals surface area contributed by atoms with Gasteiger partial charge in [-0.05, 0) is 0 Å². The molecule has 0 saturated heterocycles. The fourth-order valence-electron chi connectivity index (χ4n) is 1.55. The largest absolute Gasteiger partial charge is 0.395 e. The molecule has 0 saturated carbocycles. The molecule has 7 heteroatoms. The Hall–Kier alpha value is -2.15. The summed E-state index contributed by atoms with van der Waals surface area (Å²) in [5, 5.41) is 15.1. The number of aliphatic hydroxyl groups is 1. The fourth-order valence-corrected chi connectivity index (χ4v) is 1.55. The second kappa shape index (κ2) is 4.79. The van der Waals surface area contributed by atoms with Crippen molar-refractivity contribution < 1.29 is 5.11 Å². The summed E-state index contributed by atoms with van der Waals surface area (Å²) in [6.45, 7) is 4.68. The van der Waals surface area contributed by atoms with E-state index in [1.54, 1.807) is 12.1 Å². The zero-order chi connectivity index (χ0) is 12.3. The lowest BCUT2D eigenvalue weighted by Crippen LogP contribution is -2.27. The Labute approximate surface area is 97.0 Å². The molecule has 0 atom stereocenters. The molecule has 2 N–H and O–H groups in total. The van der Waals surface area contributed by atoms with Crippen molar-refractivity contribution in [3.8, 4) is 0 Å². The van der Waals surface area contributed by atoms with E-state index in [4.69, 9.17) is 5.11 Å². The summed E-state index contributed by atoms with van der Waals surface area (Å²) in [5.41, 5.74) is 0.170. The Bertz CT molecular complexity index is 573. The van der Waals surface area contributed by atoms with Crippen LogP contribution < -0.4 is 10.6 Å². The van der Waals surface area contributed by atoms with Gasteiger partial charge < -0.3 is 10.0 Å². The molecule has 90 valence electrons. The van der Waals surface area contributed by atoms with Crippen molar-refractivity contribution in [2.24, 2.45) is 0 Å². The van der Waals surface area contributed by atoms with Crippen LogP contribution in [-0.2, 0) is 0 Å². The molecule has 0 amide bonds. The summed E-state index contributed by atoms with van der Waals surface area (Å²) in [5.74, 6) is 0.644. The molecular formula is C10H13N5O2. The van der Waals surface area contributed by atoms with E-state index in [9.17, 15) is 4.79 Å². The van der Waals surface area contributed by atoms with Gasteiger partial charge in [0, 0.05) is 19.2 Å². The summed E-state index contributed by atoms with van der Waals surface area (Å²) in [7, 11) is 0. The minimum Gasteiger partial charge on any atom is -0.395 e. The van der Waals surface area contributed by atoms with Gasteiger partial charge in [-0.3, -0.25) is 0 Å². The number of anilines is 1. The quantitative estimate of drug-likeness (QED) is 0.676. The second-order valence-electron chi connectivity index (χ2n) is 3.46. The maximum atomic E-state index is 11.2. The zero-order valence-electron chi connectivity index (χ0n) is 9.20. The fraction of sp³-hybridized carbons (Fsp3) is 0.300. The number of aromatic nitrogens is 4. The maximum Gasteiger partial charge on any atom is 0.348 e. The third kappa shape index (κ3) is 2.18. The average molecular weight is 235 g/mol. The molecule has 0 aliphatic carbocycles. The van der Waals surface area contributed by atoms with Gasteiger partial charge in [0.1, 0.15) is 12.1 Å². The normalized spacial score (nSPS) is 10.6. The molecule has 2 aromatic rings. The molecular weight excluding hydrogens is 222 g/mol. The molecule has 2 aromatic heterocycles. The molecule has 0 unspecified atom stereocenters. The second-order valence-corrected chi connectivity index (χ2v) is 3.46. The summed E-state index contributed by atoms with van der Waals surface area (Å²) < 4.78 is 1.31. The maximum absolute atomic E-state index is 11.2. The number of aromatic amines is 1. The van der Waals surface area contributed by atoms with Crippen LogP contribution in [0.2, 0.25) is 0 Å². The van der Waals surface area contributed by atoms with Crippen molar-refractivity contribution in [3.05, 3.63) is 35.5 Å². The first-order valence-corrected chi connectivity index (χ1v) is 5.15. The molecule has 7 nitrogen and oxygen atoms in total. The molecule has 2 rings (SSSR count). The SMILES string of the molecule is C=CCN(CCO)c1cc2n[nH]c(=O)n2cn1. The zero-order valence-corrected chi connectivity index (χ0v) is 9.20. The highest BCUT2D eigenvalue weighted by atomic mass is 16.3. The Kier molecular flexibility index (Phi) is 3.20. The molecule has 0 spiro atoms. The van der Waals surface area contributed by atoms with E-state index < -0.39 is 0 Å². The minimum atomic E-state index is -0.323. The minimum absolute atomic E-state index is 0.0219. The summed E-state index contributed by atoms with van der Waals surface area (Å²) >= 11 is 0. The van der Waals surface area contributed by atoms with Crippen LogP contribution in [0.1, 0.15) is 0 Å². The monoisotopic (exact) mass is 235 g/mol. The molecule has 0 fully saturated rings. The predicted octanol–water partition coefficient (Wildman–Crippen LogP) is -0.598. The average Bonchev–Trinajstić information content (AvgIpc) is 2.70. The molecule has 0 aromatic carbocycles. The van der Waals surface area contributed by atoms with Crippen LogP contribution >= 0.6 is 0 Å². The number of hydrogen-bond acceptors (Lipinski definition) is 5. The van der Waals surface area contributed by atoms with Crippen LogP contribution in [0.5, 0.6) is 0 Å². The van der Waals surface area contributed by atoms with Crippen molar-refractivity contribution >= 4 is 11.5 Å². The first kappa shape index (κ1) is 11.3. The molecule has 0 aliphatic rings. The van der Waals surface area contributed by atoms with E-state index in [-0.39, 0.29) is 12.3 Å². The van der Waals surface area contributed by atoms with Gasteiger partial charge in [-0.2, -0.15) is 5.10 Å². The van der Waals surface area contributed by atoms with Gasteiger partial charge in [-0.1, -0.05) is 6.08 Å². The van der Waals surface area contributed by atoms with Crippen molar-refractivity contribution in [1.82, 2.24) is 19.6 Å². The van der Waals surface area contributed by atoms with E-state index in [1.165, 1.54) is 10.7 Å². The Balaban J connectivity index is 2.39. The van der Waals surface area contributed by atoms with Gasteiger partial charge in [-0.15, -0.1) is 6.58 Å². The van der Waals surface area contributed by atoms with E-state index in [1.807, 2.05) is 4.90 Å². The molecule has 0 radical (unpaired) electrons. The number of nitrogens with zero attached hydrogens (tertiary/aromatic N) is 4. The topological polar surface area (TPSA) is 86.5 Å². The standard InChI is InChI=1S/C10H13N5O2/c1-2-3-14(4-5-16)8-6-9-12-13-10(17)15(9)7-11-8/h2,6-7,16H,1,3-5H2,(H,13,17). The first-order chi connectivity index (χ1) is 8.26. The third-order valence-corrected chi connectivity index (χ3v) is 2.34. The van der Waals surface area contributed by atoms with E-state index in [2.05, 4.69) is 21.8 Å². The van der Waals surface area contributed by atoms with Crippen LogP contribution in [0.25, 0.3) is 5.65 Å². The van der Waals surface area contributed by atoms with Crippen molar-refractivity contribution in [1.29, 1.82) is 0 Å². The van der Waals surface area contributed by atoms with Crippen LogP contribution in [-0.4, -0.2) is 44.4 Å². The van der Waals surface area contributed by atoms with Crippen LogP contribution in [0.4, 0.5) is 5.82 Å². The van der Waals surface area contributed by atoms with Gasteiger partial charge in [0.15, 0.2) is 5.65 Å². The number of H-pyrrole nitrogens is 1. The predicted molar refractivity (Wildman–Crippen MR) is 63.1 cm³/mol. The van der Waals surface area contributed by atoms with Gasteiger partial charge in [0.05, 0.1) is 6.61 Å². The van der Waals surface area contributed by atoms with Gasteiger partial charge in [0.25, 0.3) is 0 Å². The van der Waals surface area contributed by atoms with Gasteiger partial charge in [0.2, 0.25) is 0 Å². The number of hydrogen-bond donors (Lipinski definition) is 2. The molecule has 0 aliphatic heterocycles. The van der Waals surface area contributed by atoms with E-state index >= 15 is 0 Å². The lowest BCUT2D eigenvalue weighted by Gasteiger charge is -2.20. The van der Waals surface area contributed by atoms with Crippen molar-refractivity contribution in [2.45, 2.75) is 0 Å². The van der Waals surface area contributed by atoms with Gasteiger partial charge >= 0.3 is 5.69 Å². The van der Waals surface area contributed by atoms with Crippen LogP contribution in [0.15, 0.2) is 29.8 Å². The smallest absolute Gasteiger partial charge is 0.348 e. The summed E-state index contributed by atoms with van der Waals surface area (Å²) in [6, 6.07) is 1.68. The number of aliphatic hydroxyl groups excluding tert-OH is 1. The van der Waals surface area contributed by atoms with Crippen LogP contribution in [0.3, 0.4) is 0 Å². The van der Waals surface area contributed by atoms with Crippen molar-refractivity contribution in [2.75, 3.05) is 24.6 Å². The molecule has 17 heavy (non-hydrogen) atoms. The highest BCUT2D eigenvalue weighted by molar-refractivity contribution is 5.50. The summed E-state index contributed by atoms with van der Waals surface area (Å²) in [4.78, 5) is 17.2. The number of fused-ring (bicyclic) bond motifs is 1. The van der Waals surface area contributed by atoms with Crippen LogP contribution in [0, 0.1) is 0 Å². The molecule has 2 heterocycles. The number of nitrogens with one attached hydrogen (secondary N) is 1. The van der Waals surface area contributed by atoms with Crippen molar-refractivity contribution in [3.63, 3.8) is 0 Å². The Morgan fingerprint density at radius 2 is 2.47 bits per heavy atom. The lowest BCUT2D eigenvalue weighted by atomic mass is 10.4. The summed E-state index contributed by atoms with van der Waals surface area (Å²) in [6.07, 6.45) is 3.13. The lowest BCUT2D eigenvalue weighted by molar-refractivity contribution is 0.302. The van der Waals surface area contributed by atoms with Gasteiger partial charge in [-0.25, -0.2) is 19.3 Å². The Morgan fingerprint density at radius 3 is 3.18 bits per heavy atom. The van der Waals surface area contributed by atoms with E-state index in [0.29, 0.717) is 24.6 Å².